The second-order valence-electron chi connectivity index (χ2n) is 6.35. The molecule has 1 aromatic carbocycles. The number of methoxy groups -OCH3 is 1. The maximum atomic E-state index is 14.0. The summed E-state index contributed by atoms with van der Waals surface area (Å²) in [7, 11) is 0.346. The second kappa shape index (κ2) is 8.19. The Kier molecular flexibility index (Phi) is 6.39. The number of carbonyl (C=O) groups is 2. The fourth-order valence-corrected chi connectivity index (χ4v) is 4.38. The lowest BCUT2D eigenvalue weighted by molar-refractivity contribution is 0.0691. The Morgan fingerprint density at radius 2 is 2.04 bits per heavy atom. The van der Waals surface area contributed by atoms with Crippen molar-refractivity contribution in [3.05, 3.63) is 29.1 Å². The number of carboxylic acid groups (broad SMARTS) is 1. The first-order valence-electron chi connectivity index (χ1n) is 8.15. The van der Waals surface area contributed by atoms with Gasteiger partial charge in [-0.15, -0.1) is 0 Å². The minimum Gasteiger partial charge on any atom is -0.478 e. The summed E-state index contributed by atoms with van der Waals surface area (Å²) in [6.07, 6.45) is 1.24. The molecule has 0 aliphatic carbocycles. The van der Waals surface area contributed by atoms with Crippen LogP contribution < -0.4 is 9.62 Å². The summed E-state index contributed by atoms with van der Waals surface area (Å²) in [4.78, 5) is 25.1. The summed E-state index contributed by atoms with van der Waals surface area (Å²) >= 11 is 0. The summed E-state index contributed by atoms with van der Waals surface area (Å²) < 4.78 is 47.3. The van der Waals surface area contributed by atoms with Crippen molar-refractivity contribution in [1.82, 2.24) is 9.03 Å². The lowest BCUT2D eigenvalue weighted by atomic mass is 10.1. The molecule has 0 aromatic heterocycles. The van der Waals surface area contributed by atoms with E-state index in [1.54, 1.807) is 0 Å². The van der Waals surface area contributed by atoms with E-state index in [1.807, 2.05) is 4.72 Å². The standard InChI is InChI=1S/C16H22FN3O6S/c1-19(2)14-8-11(16(22)23)13(17)7-12(14)15(21)18-27(24,25)20-6-4-5-10(20)9-26-3/h7-8,10H,4-6,9H2,1-3H3,(H,18,21)(H,22,23)/t10-/m1/s1. The molecule has 9 nitrogen and oxygen atoms in total. The average molecular weight is 403 g/mol. The topological polar surface area (TPSA) is 116 Å². The molecule has 0 bridgehead atoms. The molecular formula is C16H22FN3O6S. The van der Waals surface area contributed by atoms with E-state index in [1.165, 1.54) is 26.1 Å². The van der Waals surface area contributed by atoms with Crippen LogP contribution in [-0.2, 0) is 14.9 Å². The van der Waals surface area contributed by atoms with Gasteiger partial charge in [0.2, 0.25) is 0 Å². The molecule has 2 rings (SSSR count). The van der Waals surface area contributed by atoms with Crippen LogP contribution >= 0.6 is 0 Å². The number of anilines is 1. The van der Waals surface area contributed by atoms with Crippen LogP contribution in [0.5, 0.6) is 0 Å². The summed E-state index contributed by atoms with van der Waals surface area (Å²) in [5.74, 6) is -3.67. The van der Waals surface area contributed by atoms with Crippen molar-refractivity contribution in [2.24, 2.45) is 0 Å². The number of rotatable bonds is 7. The SMILES string of the molecule is COC[C@H]1CCCN1S(=O)(=O)NC(=O)c1cc(F)c(C(=O)O)cc1N(C)C. The highest BCUT2D eigenvalue weighted by molar-refractivity contribution is 7.87. The van der Waals surface area contributed by atoms with Crippen LogP contribution in [0.25, 0.3) is 0 Å². The molecule has 150 valence electrons. The number of halogens is 1. The summed E-state index contributed by atoms with van der Waals surface area (Å²) in [6, 6.07) is 1.32. The number of amides is 1. The molecule has 1 heterocycles. The highest BCUT2D eigenvalue weighted by Crippen LogP contribution is 2.25. The molecule has 1 fully saturated rings. The number of nitrogens with zero attached hydrogens (tertiary/aromatic N) is 2. The predicted molar refractivity (Wildman–Crippen MR) is 95.7 cm³/mol. The van der Waals surface area contributed by atoms with Crippen LogP contribution in [0.4, 0.5) is 10.1 Å². The Morgan fingerprint density at radius 1 is 1.37 bits per heavy atom. The number of hydrogen-bond acceptors (Lipinski definition) is 6. The van der Waals surface area contributed by atoms with Gasteiger partial charge in [-0.25, -0.2) is 13.9 Å². The molecule has 11 heteroatoms. The molecule has 1 aliphatic heterocycles. The average Bonchev–Trinajstić information content (AvgIpc) is 3.03. The van der Waals surface area contributed by atoms with Gasteiger partial charge in [-0.2, -0.15) is 12.7 Å². The van der Waals surface area contributed by atoms with Crippen molar-refractivity contribution in [3.8, 4) is 0 Å². The van der Waals surface area contributed by atoms with Gasteiger partial charge in [-0.05, 0) is 25.0 Å². The number of carbonyl (C=O) groups excluding carboxylic acids is 1. The van der Waals surface area contributed by atoms with E-state index < -0.39 is 33.5 Å². The van der Waals surface area contributed by atoms with E-state index in [0.717, 1.165) is 16.4 Å². The summed E-state index contributed by atoms with van der Waals surface area (Å²) in [5, 5.41) is 9.04. The molecule has 0 spiro atoms. The second-order valence-corrected chi connectivity index (χ2v) is 7.97. The Labute approximate surface area is 156 Å². The van der Waals surface area contributed by atoms with Gasteiger partial charge in [0.15, 0.2) is 0 Å². The van der Waals surface area contributed by atoms with Crippen molar-refractivity contribution in [2.75, 3.05) is 39.3 Å². The Balaban J connectivity index is 2.34. The Bertz CT molecular complexity index is 843. The van der Waals surface area contributed by atoms with Gasteiger partial charge >= 0.3 is 16.2 Å². The summed E-state index contributed by atoms with van der Waals surface area (Å²) in [6.45, 7) is 0.434. The molecule has 0 radical (unpaired) electrons. The van der Waals surface area contributed by atoms with E-state index in [4.69, 9.17) is 9.84 Å². The van der Waals surface area contributed by atoms with Crippen molar-refractivity contribution < 1.29 is 32.2 Å². The number of hydrogen-bond donors (Lipinski definition) is 2. The van der Waals surface area contributed by atoms with Crippen molar-refractivity contribution >= 4 is 27.8 Å². The first-order chi connectivity index (χ1) is 12.6. The third-order valence-electron chi connectivity index (χ3n) is 4.25. The molecule has 1 saturated heterocycles. The third-order valence-corrected chi connectivity index (χ3v) is 5.80. The quantitative estimate of drug-likeness (QED) is 0.687. The summed E-state index contributed by atoms with van der Waals surface area (Å²) in [5.41, 5.74) is -0.817. The van der Waals surface area contributed by atoms with E-state index in [2.05, 4.69) is 0 Å². The van der Waals surface area contributed by atoms with Crippen molar-refractivity contribution in [1.29, 1.82) is 0 Å². The van der Waals surface area contributed by atoms with Crippen LogP contribution in [-0.4, -0.2) is 70.1 Å². The Hall–Kier alpha value is -2.24. The third kappa shape index (κ3) is 4.54. The number of benzene rings is 1. The zero-order chi connectivity index (χ0) is 20.4. The van der Waals surface area contributed by atoms with E-state index >= 15 is 0 Å². The van der Waals surface area contributed by atoms with Gasteiger partial charge in [0.1, 0.15) is 5.82 Å². The molecule has 1 amide bonds. The minimum atomic E-state index is -4.16. The maximum absolute atomic E-state index is 14.0. The van der Waals surface area contributed by atoms with Gasteiger partial charge in [0, 0.05) is 33.8 Å². The normalized spacial score (nSPS) is 17.7. The van der Waals surface area contributed by atoms with Crippen molar-refractivity contribution in [3.63, 3.8) is 0 Å². The number of carboxylic acids is 1. The van der Waals surface area contributed by atoms with E-state index in [9.17, 15) is 22.4 Å². The van der Waals surface area contributed by atoms with Crippen LogP contribution in [0.2, 0.25) is 0 Å². The number of nitrogens with one attached hydrogen (secondary N) is 1. The van der Waals surface area contributed by atoms with Gasteiger partial charge in [-0.1, -0.05) is 0 Å². The minimum absolute atomic E-state index is 0.0800. The molecule has 2 N–H and O–H groups in total. The molecule has 27 heavy (non-hydrogen) atoms. The number of aromatic carboxylic acids is 1. The lowest BCUT2D eigenvalue weighted by Gasteiger charge is -2.24. The molecular weight excluding hydrogens is 381 g/mol. The van der Waals surface area contributed by atoms with E-state index in [0.29, 0.717) is 12.8 Å². The molecule has 1 aliphatic rings. The Morgan fingerprint density at radius 3 is 2.59 bits per heavy atom. The smallest absolute Gasteiger partial charge is 0.338 e. The van der Waals surface area contributed by atoms with Crippen molar-refractivity contribution in [2.45, 2.75) is 18.9 Å². The molecule has 0 saturated carbocycles. The highest BCUT2D eigenvalue weighted by atomic mass is 32.2. The van der Waals surface area contributed by atoms with Crippen LogP contribution in [0.1, 0.15) is 33.6 Å². The van der Waals surface area contributed by atoms with Crippen LogP contribution in [0.15, 0.2) is 12.1 Å². The monoisotopic (exact) mass is 403 g/mol. The predicted octanol–water partition coefficient (Wildman–Crippen LogP) is 0.675. The molecule has 1 aromatic rings. The maximum Gasteiger partial charge on any atom is 0.338 e. The van der Waals surface area contributed by atoms with Gasteiger partial charge in [-0.3, -0.25) is 4.79 Å². The first kappa shape index (κ1) is 21.1. The first-order valence-corrected chi connectivity index (χ1v) is 9.59. The van der Waals surface area contributed by atoms with Gasteiger partial charge in [0.05, 0.1) is 23.4 Å². The van der Waals surface area contributed by atoms with Gasteiger partial charge in [0.25, 0.3) is 5.91 Å². The largest absolute Gasteiger partial charge is 0.478 e. The fourth-order valence-electron chi connectivity index (χ4n) is 2.99. The zero-order valence-corrected chi connectivity index (χ0v) is 16.0. The number of ether oxygens (including phenoxy) is 1. The highest BCUT2D eigenvalue weighted by Gasteiger charge is 2.36. The molecule has 1 atom stereocenters. The van der Waals surface area contributed by atoms with Gasteiger partial charge < -0.3 is 14.7 Å². The fraction of sp³-hybridized carbons (Fsp3) is 0.500. The lowest BCUT2D eigenvalue weighted by Crippen LogP contribution is -2.47. The van der Waals surface area contributed by atoms with Crippen LogP contribution in [0, 0.1) is 5.82 Å². The van der Waals surface area contributed by atoms with E-state index in [-0.39, 0.29) is 30.4 Å². The molecule has 0 unspecified atom stereocenters. The van der Waals surface area contributed by atoms with Crippen LogP contribution in [0.3, 0.4) is 0 Å². The zero-order valence-electron chi connectivity index (χ0n) is 15.2.